The molecule has 1 radical (unpaired) electrons. The first kappa shape index (κ1) is 20.3. The van der Waals surface area contributed by atoms with Crippen molar-refractivity contribution < 1.29 is 9.53 Å². The zero-order chi connectivity index (χ0) is 19.7. The molecule has 4 heteroatoms. The van der Waals surface area contributed by atoms with Crippen molar-refractivity contribution in [2.45, 2.75) is 57.5 Å². The molecule has 4 nitrogen and oxygen atoms in total. The number of hydrogen-bond donors (Lipinski definition) is 1. The summed E-state index contributed by atoms with van der Waals surface area (Å²) in [6.45, 7) is 4.85. The lowest BCUT2D eigenvalue weighted by Gasteiger charge is -2.52. The number of benzene rings is 1. The van der Waals surface area contributed by atoms with Gasteiger partial charge in [-0.1, -0.05) is 44.2 Å². The minimum absolute atomic E-state index is 0.00134. The number of rotatable bonds is 6. The Hall–Kier alpha value is -1.39. The van der Waals surface area contributed by atoms with Crippen molar-refractivity contribution in [3.63, 3.8) is 0 Å². The molecule has 1 spiro atoms. The lowest BCUT2D eigenvalue weighted by Crippen LogP contribution is -2.51. The SMILES string of the molecule is COCC1C(=O)NC(C[C](C)C)C12CCC(c1ccccc1)(N(C)C)CC2. The maximum absolute atomic E-state index is 12.8. The van der Waals surface area contributed by atoms with Gasteiger partial charge in [0.05, 0.1) is 12.5 Å². The third kappa shape index (κ3) is 3.54. The number of carbonyl (C=O) groups excluding carboxylic acids is 1. The van der Waals surface area contributed by atoms with Crippen molar-refractivity contribution in [3.05, 3.63) is 41.8 Å². The van der Waals surface area contributed by atoms with Crippen LogP contribution < -0.4 is 5.32 Å². The average Bonchev–Trinajstić information content (AvgIpc) is 2.88. The Kier molecular flexibility index (Phi) is 5.97. The zero-order valence-electron chi connectivity index (χ0n) is 17.5. The fourth-order valence-electron chi connectivity index (χ4n) is 5.56. The number of amides is 1. The molecular formula is C23H35N2O2. The number of hydrogen-bond acceptors (Lipinski definition) is 3. The number of methoxy groups -OCH3 is 1. The van der Waals surface area contributed by atoms with Crippen molar-refractivity contribution in [2.75, 3.05) is 27.8 Å². The Morgan fingerprint density at radius 1 is 1.15 bits per heavy atom. The summed E-state index contributed by atoms with van der Waals surface area (Å²) in [5.41, 5.74) is 1.43. The van der Waals surface area contributed by atoms with Gasteiger partial charge in [-0.25, -0.2) is 0 Å². The van der Waals surface area contributed by atoms with Gasteiger partial charge < -0.3 is 10.1 Å². The van der Waals surface area contributed by atoms with Gasteiger partial charge >= 0.3 is 0 Å². The number of carbonyl (C=O) groups is 1. The molecule has 1 aliphatic carbocycles. The quantitative estimate of drug-likeness (QED) is 0.828. The molecule has 2 atom stereocenters. The minimum atomic E-state index is -0.0391. The predicted octanol–water partition coefficient (Wildman–Crippen LogP) is 3.77. The van der Waals surface area contributed by atoms with Crippen molar-refractivity contribution in [3.8, 4) is 0 Å². The van der Waals surface area contributed by atoms with Crippen LogP contribution in [0.1, 0.15) is 51.5 Å². The number of ether oxygens (including phenoxy) is 1. The average molecular weight is 372 g/mol. The van der Waals surface area contributed by atoms with E-state index in [1.807, 2.05) is 0 Å². The van der Waals surface area contributed by atoms with E-state index in [9.17, 15) is 4.79 Å². The summed E-state index contributed by atoms with van der Waals surface area (Å²) in [6.07, 6.45) is 5.19. The van der Waals surface area contributed by atoms with Crippen LogP contribution >= 0.6 is 0 Å². The van der Waals surface area contributed by atoms with Crippen LogP contribution in [0.25, 0.3) is 0 Å². The van der Waals surface area contributed by atoms with Gasteiger partial charge in [0.15, 0.2) is 0 Å². The summed E-state index contributed by atoms with van der Waals surface area (Å²) >= 11 is 0. The molecule has 2 fully saturated rings. The van der Waals surface area contributed by atoms with Crippen molar-refractivity contribution >= 4 is 5.91 Å². The first-order valence-corrected chi connectivity index (χ1v) is 10.2. The highest BCUT2D eigenvalue weighted by Crippen LogP contribution is 2.56. The molecule has 1 amide bonds. The Bertz CT molecular complexity index is 633. The van der Waals surface area contributed by atoms with E-state index in [0.29, 0.717) is 6.61 Å². The van der Waals surface area contributed by atoms with Crippen LogP contribution in [0.3, 0.4) is 0 Å². The second kappa shape index (κ2) is 7.92. The molecule has 1 aromatic rings. The van der Waals surface area contributed by atoms with Crippen LogP contribution in [0.4, 0.5) is 0 Å². The third-order valence-corrected chi connectivity index (χ3v) is 7.14. The summed E-state index contributed by atoms with van der Waals surface area (Å²) in [5, 5.41) is 3.32. The molecule has 27 heavy (non-hydrogen) atoms. The predicted molar refractivity (Wildman–Crippen MR) is 109 cm³/mol. The van der Waals surface area contributed by atoms with Crippen LogP contribution in [0.5, 0.6) is 0 Å². The third-order valence-electron chi connectivity index (χ3n) is 7.14. The fourth-order valence-corrected chi connectivity index (χ4v) is 5.56. The van der Waals surface area contributed by atoms with Crippen LogP contribution in [-0.4, -0.2) is 44.7 Å². The van der Waals surface area contributed by atoms with Crippen LogP contribution in [0.15, 0.2) is 30.3 Å². The van der Waals surface area contributed by atoms with Gasteiger partial charge in [0.1, 0.15) is 0 Å². The van der Waals surface area contributed by atoms with E-state index in [2.05, 4.69) is 68.5 Å². The maximum atomic E-state index is 12.8. The van der Waals surface area contributed by atoms with E-state index >= 15 is 0 Å². The van der Waals surface area contributed by atoms with Crippen LogP contribution in [0.2, 0.25) is 0 Å². The molecule has 1 N–H and O–H groups in total. The van der Waals surface area contributed by atoms with E-state index in [-0.39, 0.29) is 28.8 Å². The molecule has 1 saturated carbocycles. The molecule has 2 unspecified atom stereocenters. The topological polar surface area (TPSA) is 41.6 Å². The molecule has 1 saturated heterocycles. The monoisotopic (exact) mass is 371 g/mol. The summed E-state index contributed by atoms with van der Waals surface area (Å²) in [4.78, 5) is 15.2. The van der Waals surface area contributed by atoms with Crippen LogP contribution in [-0.2, 0) is 15.1 Å². The molecule has 3 rings (SSSR count). The smallest absolute Gasteiger partial charge is 0.226 e. The highest BCUT2D eigenvalue weighted by Gasteiger charge is 2.58. The molecule has 0 bridgehead atoms. The molecule has 0 aromatic heterocycles. The lowest BCUT2D eigenvalue weighted by atomic mass is 9.58. The Balaban J connectivity index is 1.91. The number of nitrogens with zero attached hydrogens (tertiary/aromatic N) is 1. The van der Waals surface area contributed by atoms with Gasteiger partial charge in [-0.3, -0.25) is 9.69 Å². The summed E-state index contributed by atoms with van der Waals surface area (Å²) in [5.74, 6) is 1.52. The van der Waals surface area contributed by atoms with Gasteiger partial charge in [0, 0.05) is 24.1 Å². The van der Waals surface area contributed by atoms with Gasteiger partial charge in [-0.15, -0.1) is 0 Å². The summed E-state index contributed by atoms with van der Waals surface area (Å²) in [6, 6.07) is 11.1. The van der Waals surface area contributed by atoms with E-state index < -0.39 is 0 Å². The molecule has 1 heterocycles. The van der Waals surface area contributed by atoms with Crippen molar-refractivity contribution in [1.82, 2.24) is 10.2 Å². The first-order valence-electron chi connectivity index (χ1n) is 10.2. The van der Waals surface area contributed by atoms with Gasteiger partial charge in [-0.2, -0.15) is 0 Å². The molecule has 149 valence electrons. The van der Waals surface area contributed by atoms with Crippen molar-refractivity contribution in [2.24, 2.45) is 11.3 Å². The Morgan fingerprint density at radius 2 is 1.78 bits per heavy atom. The zero-order valence-corrected chi connectivity index (χ0v) is 17.5. The van der Waals surface area contributed by atoms with Crippen LogP contribution in [0, 0.1) is 17.3 Å². The second-order valence-corrected chi connectivity index (χ2v) is 9.01. The molecular weight excluding hydrogens is 336 g/mol. The van der Waals surface area contributed by atoms with Crippen molar-refractivity contribution in [1.29, 1.82) is 0 Å². The Morgan fingerprint density at radius 3 is 2.30 bits per heavy atom. The maximum Gasteiger partial charge on any atom is 0.226 e. The highest BCUT2D eigenvalue weighted by molar-refractivity contribution is 5.83. The largest absolute Gasteiger partial charge is 0.384 e. The normalized spacial score (nSPS) is 33.8. The van der Waals surface area contributed by atoms with E-state index in [0.717, 1.165) is 32.1 Å². The van der Waals surface area contributed by atoms with E-state index in [4.69, 9.17) is 4.74 Å². The second-order valence-electron chi connectivity index (χ2n) is 9.01. The lowest BCUT2D eigenvalue weighted by molar-refractivity contribution is -0.127. The van der Waals surface area contributed by atoms with Gasteiger partial charge in [-0.05, 0) is 57.7 Å². The number of nitrogens with one attached hydrogen (secondary N) is 1. The Labute approximate surface area is 164 Å². The molecule has 1 aliphatic heterocycles. The summed E-state index contributed by atoms with van der Waals surface area (Å²) in [7, 11) is 6.09. The summed E-state index contributed by atoms with van der Waals surface area (Å²) < 4.78 is 5.48. The first-order chi connectivity index (χ1) is 12.9. The van der Waals surface area contributed by atoms with E-state index in [1.165, 1.54) is 11.5 Å². The van der Waals surface area contributed by atoms with Gasteiger partial charge in [0.2, 0.25) is 5.91 Å². The van der Waals surface area contributed by atoms with Gasteiger partial charge in [0.25, 0.3) is 0 Å². The molecule has 1 aromatic carbocycles. The molecule has 2 aliphatic rings. The standard InChI is InChI=1S/C23H35N2O2/c1-17(2)15-20-22(19(16-27-5)21(26)24-20)11-13-23(14-12-22,25(3)4)18-9-7-6-8-10-18/h6-10,19-20H,11-16H2,1-5H3,(H,24,26). The van der Waals surface area contributed by atoms with E-state index in [1.54, 1.807) is 7.11 Å². The highest BCUT2D eigenvalue weighted by atomic mass is 16.5. The fraction of sp³-hybridized carbons (Fsp3) is 0.652. The minimum Gasteiger partial charge on any atom is -0.384 e.